The first-order valence-corrected chi connectivity index (χ1v) is 8.03. The van der Waals surface area contributed by atoms with E-state index >= 15 is 0 Å². The Morgan fingerprint density at radius 1 is 1.33 bits per heavy atom. The molecule has 2 rings (SSSR count). The summed E-state index contributed by atoms with van der Waals surface area (Å²) >= 11 is 1.25. The molecule has 0 bridgehead atoms. The second kappa shape index (κ2) is 7.21. The van der Waals surface area contributed by atoms with E-state index in [4.69, 9.17) is 11.5 Å². The summed E-state index contributed by atoms with van der Waals surface area (Å²) in [5.41, 5.74) is 12.5. The summed E-state index contributed by atoms with van der Waals surface area (Å²) in [6, 6.07) is -0.584. The first-order valence-electron chi connectivity index (χ1n) is 7.26. The van der Waals surface area contributed by atoms with Crippen LogP contribution < -0.4 is 22.1 Å². The van der Waals surface area contributed by atoms with Crippen LogP contribution in [0.25, 0.3) is 0 Å². The van der Waals surface area contributed by atoms with E-state index in [1.165, 1.54) is 17.7 Å². The molecular weight excluding hydrogens is 330 g/mol. The number of primary amides is 2. The van der Waals surface area contributed by atoms with Gasteiger partial charge in [-0.1, -0.05) is 6.92 Å². The molecule has 10 heteroatoms. The predicted octanol–water partition coefficient (Wildman–Crippen LogP) is 1.07. The summed E-state index contributed by atoms with van der Waals surface area (Å²) in [6.45, 7) is 5.60. The Morgan fingerprint density at radius 3 is 2.54 bits per heavy atom. The molecule has 0 saturated heterocycles. The molecule has 128 valence electrons. The lowest BCUT2D eigenvalue weighted by Gasteiger charge is -2.15. The van der Waals surface area contributed by atoms with Crippen LogP contribution in [0.4, 0.5) is 16.6 Å². The molecule has 2 heterocycles. The monoisotopic (exact) mass is 349 g/mol. The second-order valence-electron chi connectivity index (χ2n) is 5.17. The molecule has 0 aliphatic carbocycles. The van der Waals surface area contributed by atoms with Crippen molar-refractivity contribution < 1.29 is 9.59 Å². The van der Waals surface area contributed by atoms with Gasteiger partial charge in [0.15, 0.2) is 11.5 Å². The molecule has 0 radical (unpaired) electrons. The third kappa shape index (κ3) is 3.77. The highest BCUT2D eigenvalue weighted by atomic mass is 32.1. The van der Waals surface area contributed by atoms with E-state index in [9.17, 15) is 9.59 Å². The number of nitrogens with one attached hydrogen (secondary N) is 2. The molecule has 2 amide bonds. The molecule has 0 fully saturated rings. The molecule has 1 atom stereocenters. The van der Waals surface area contributed by atoms with Gasteiger partial charge in [-0.25, -0.2) is 9.97 Å². The quantitative estimate of drug-likeness (QED) is 0.584. The van der Waals surface area contributed by atoms with Crippen molar-refractivity contribution in [2.75, 3.05) is 10.6 Å². The van der Waals surface area contributed by atoms with Crippen LogP contribution in [0.2, 0.25) is 0 Å². The Morgan fingerprint density at radius 2 is 2.04 bits per heavy atom. The smallest absolute Gasteiger partial charge is 0.271 e. The van der Waals surface area contributed by atoms with Crippen LogP contribution in [-0.4, -0.2) is 32.2 Å². The van der Waals surface area contributed by atoms with Crippen molar-refractivity contribution >= 4 is 40.0 Å². The maximum Gasteiger partial charge on any atom is 0.271 e. The van der Waals surface area contributed by atoms with Gasteiger partial charge in [-0.3, -0.25) is 9.59 Å². The molecule has 0 saturated carbocycles. The number of aromatic nitrogens is 3. The number of anilines is 3. The van der Waals surface area contributed by atoms with Crippen molar-refractivity contribution in [2.45, 2.75) is 33.2 Å². The van der Waals surface area contributed by atoms with E-state index < -0.39 is 17.9 Å². The van der Waals surface area contributed by atoms with E-state index in [-0.39, 0.29) is 11.5 Å². The Kier molecular flexibility index (Phi) is 5.29. The van der Waals surface area contributed by atoms with Gasteiger partial charge in [0.25, 0.3) is 5.91 Å². The van der Waals surface area contributed by atoms with E-state index in [1.54, 1.807) is 0 Å². The van der Waals surface area contributed by atoms with Crippen molar-refractivity contribution in [1.29, 1.82) is 0 Å². The Bertz CT molecular complexity index is 774. The van der Waals surface area contributed by atoms with Crippen LogP contribution in [0.1, 0.15) is 35.1 Å². The lowest BCUT2D eigenvalue weighted by atomic mass is 10.2. The van der Waals surface area contributed by atoms with Gasteiger partial charge >= 0.3 is 0 Å². The number of carbonyl (C=O) groups excluding carboxylic acids is 2. The molecule has 6 N–H and O–H groups in total. The Balaban J connectivity index is 2.36. The zero-order valence-electron chi connectivity index (χ0n) is 13.6. The van der Waals surface area contributed by atoms with E-state index in [1.807, 2.05) is 20.8 Å². The summed E-state index contributed by atoms with van der Waals surface area (Å²) in [4.78, 5) is 31.2. The molecule has 0 aliphatic heterocycles. The second-order valence-corrected chi connectivity index (χ2v) is 5.94. The fourth-order valence-corrected chi connectivity index (χ4v) is 2.71. The fraction of sp³-hybridized carbons (Fsp3) is 0.357. The number of amides is 2. The van der Waals surface area contributed by atoms with Crippen LogP contribution in [0.5, 0.6) is 0 Å². The average molecular weight is 349 g/mol. The highest BCUT2D eigenvalue weighted by molar-refractivity contribution is 7.10. The standard InChI is InChI=1S/C14H19N7O2S/c1-4-8(11(15)22)18-9-5-17-10(12(16)23)13(19-9)20-14-6(2)7(3)21-24-14/h5,8H,4H2,1-3H3,(H2,15,22)(H2,16,23)(H2,18,19,20). The van der Waals surface area contributed by atoms with Gasteiger partial charge in [-0.2, -0.15) is 4.37 Å². The minimum Gasteiger partial charge on any atom is -0.368 e. The SMILES string of the molecule is CCC(Nc1cnc(C(N)=O)c(Nc2snc(C)c2C)n1)C(N)=O. The normalized spacial score (nSPS) is 11.8. The van der Waals surface area contributed by atoms with Crippen molar-refractivity contribution in [3.63, 3.8) is 0 Å². The molecule has 0 aromatic carbocycles. The van der Waals surface area contributed by atoms with Crippen molar-refractivity contribution in [1.82, 2.24) is 14.3 Å². The predicted molar refractivity (Wildman–Crippen MR) is 92.3 cm³/mol. The maximum absolute atomic E-state index is 11.6. The summed E-state index contributed by atoms with van der Waals surface area (Å²) in [6.07, 6.45) is 1.83. The van der Waals surface area contributed by atoms with Crippen LogP contribution in [-0.2, 0) is 4.79 Å². The van der Waals surface area contributed by atoms with Crippen molar-refractivity contribution in [2.24, 2.45) is 11.5 Å². The molecule has 0 aliphatic rings. The van der Waals surface area contributed by atoms with Gasteiger partial charge in [0.1, 0.15) is 16.9 Å². The highest BCUT2D eigenvalue weighted by Crippen LogP contribution is 2.27. The molecule has 1 unspecified atom stereocenters. The largest absolute Gasteiger partial charge is 0.368 e. The Labute approximate surface area is 143 Å². The third-order valence-corrected chi connectivity index (χ3v) is 4.42. The molecular formula is C14H19N7O2S. The minimum atomic E-state index is -0.711. The molecule has 2 aromatic rings. The zero-order chi connectivity index (χ0) is 17.9. The first kappa shape index (κ1) is 17.6. The van der Waals surface area contributed by atoms with Gasteiger partial charge in [0.2, 0.25) is 5.91 Å². The fourth-order valence-electron chi connectivity index (χ4n) is 1.92. The summed E-state index contributed by atoms with van der Waals surface area (Å²) in [5.74, 6) is -0.704. The van der Waals surface area contributed by atoms with Gasteiger partial charge in [0.05, 0.1) is 11.9 Å². The van der Waals surface area contributed by atoms with Gasteiger partial charge < -0.3 is 22.1 Å². The van der Waals surface area contributed by atoms with E-state index in [0.717, 1.165) is 16.3 Å². The summed E-state index contributed by atoms with van der Waals surface area (Å²) in [7, 11) is 0. The number of hydrogen-bond acceptors (Lipinski definition) is 8. The number of nitrogens with zero attached hydrogens (tertiary/aromatic N) is 3. The number of rotatable bonds is 7. The van der Waals surface area contributed by atoms with Crippen LogP contribution in [0.3, 0.4) is 0 Å². The van der Waals surface area contributed by atoms with Crippen LogP contribution in [0.15, 0.2) is 6.20 Å². The van der Waals surface area contributed by atoms with E-state index in [2.05, 4.69) is 25.0 Å². The number of hydrogen-bond donors (Lipinski definition) is 4. The molecule has 2 aromatic heterocycles. The molecule has 9 nitrogen and oxygen atoms in total. The zero-order valence-corrected chi connectivity index (χ0v) is 14.4. The maximum atomic E-state index is 11.6. The topological polar surface area (TPSA) is 149 Å². The summed E-state index contributed by atoms with van der Waals surface area (Å²) < 4.78 is 4.23. The molecule has 0 spiro atoms. The van der Waals surface area contributed by atoms with Gasteiger partial charge in [0, 0.05) is 5.56 Å². The van der Waals surface area contributed by atoms with Gasteiger partial charge in [-0.15, -0.1) is 0 Å². The Hall–Kier alpha value is -2.75. The average Bonchev–Trinajstić information content (AvgIpc) is 2.84. The van der Waals surface area contributed by atoms with Crippen LogP contribution >= 0.6 is 11.5 Å². The highest BCUT2D eigenvalue weighted by Gasteiger charge is 2.18. The van der Waals surface area contributed by atoms with Crippen molar-refractivity contribution in [3.8, 4) is 0 Å². The number of nitrogens with two attached hydrogens (primary N) is 2. The number of aryl methyl sites for hydroxylation is 1. The summed E-state index contributed by atoms with van der Waals surface area (Å²) in [5, 5.41) is 6.66. The van der Waals surface area contributed by atoms with Crippen LogP contribution in [0, 0.1) is 13.8 Å². The van der Waals surface area contributed by atoms with Crippen molar-refractivity contribution in [3.05, 3.63) is 23.1 Å². The lowest BCUT2D eigenvalue weighted by molar-refractivity contribution is -0.118. The number of carbonyl (C=O) groups is 2. The van der Waals surface area contributed by atoms with Gasteiger partial charge in [-0.05, 0) is 31.8 Å². The third-order valence-electron chi connectivity index (χ3n) is 3.47. The first-order chi connectivity index (χ1) is 11.3. The lowest BCUT2D eigenvalue weighted by Crippen LogP contribution is -2.35. The minimum absolute atomic E-state index is 0.00173. The van der Waals surface area contributed by atoms with E-state index in [0.29, 0.717) is 12.2 Å². The molecule has 24 heavy (non-hydrogen) atoms.